The number of carbonyl (C=O) groups is 1. The zero-order valence-corrected chi connectivity index (χ0v) is 12.7. The number of rotatable bonds is 5. The van der Waals surface area contributed by atoms with Gasteiger partial charge in [0.15, 0.2) is 11.5 Å². The quantitative estimate of drug-likeness (QED) is 0.877. The molecule has 120 valence electrons. The zero-order chi connectivity index (χ0) is 15.5. The van der Waals surface area contributed by atoms with E-state index in [2.05, 4.69) is 0 Å². The summed E-state index contributed by atoms with van der Waals surface area (Å²) < 4.78 is 16.0. The van der Waals surface area contributed by atoms with E-state index in [1.54, 1.807) is 4.90 Å². The van der Waals surface area contributed by atoms with Crippen molar-refractivity contribution in [3.05, 3.63) is 23.8 Å². The lowest BCUT2D eigenvalue weighted by molar-refractivity contribution is -0.130. The molecule has 1 saturated heterocycles. The predicted octanol–water partition coefficient (Wildman–Crippen LogP) is 0.956. The van der Waals surface area contributed by atoms with Crippen molar-refractivity contribution in [2.24, 2.45) is 0 Å². The van der Waals surface area contributed by atoms with E-state index in [9.17, 15) is 9.90 Å². The van der Waals surface area contributed by atoms with Gasteiger partial charge in [-0.05, 0) is 31.0 Å². The molecule has 6 nitrogen and oxygen atoms in total. The minimum atomic E-state index is -0.588. The van der Waals surface area contributed by atoms with Crippen molar-refractivity contribution >= 4 is 5.91 Å². The fraction of sp³-hybridized carbons (Fsp3) is 0.562. The highest BCUT2D eigenvalue weighted by Gasteiger charge is 2.34. The molecule has 1 aromatic rings. The summed E-state index contributed by atoms with van der Waals surface area (Å²) in [4.78, 5) is 13.9. The number of β-amino-alcohol motifs (C(OH)–C–C–N with tert-alkyl or cyclic N) is 1. The minimum Gasteiger partial charge on any atom is -0.454 e. The monoisotopic (exact) mass is 307 g/mol. The molecule has 0 bridgehead atoms. The fourth-order valence-electron chi connectivity index (χ4n) is 2.84. The molecule has 0 aliphatic carbocycles. The largest absolute Gasteiger partial charge is 0.454 e. The Bertz CT molecular complexity index is 547. The number of amides is 1. The van der Waals surface area contributed by atoms with Crippen LogP contribution in [0.4, 0.5) is 0 Å². The molecular weight excluding hydrogens is 286 g/mol. The molecule has 0 radical (unpaired) electrons. The molecule has 1 amide bonds. The molecule has 0 unspecified atom stereocenters. The second-order valence-electron chi connectivity index (χ2n) is 5.55. The molecule has 1 aromatic carbocycles. The van der Waals surface area contributed by atoms with Gasteiger partial charge in [-0.2, -0.15) is 0 Å². The van der Waals surface area contributed by atoms with Gasteiger partial charge in [-0.15, -0.1) is 0 Å². The third kappa shape index (κ3) is 3.18. The van der Waals surface area contributed by atoms with Gasteiger partial charge in [-0.25, -0.2) is 0 Å². The van der Waals surface area contributed by atoms with Crippen LogP contribution in [0.5, 0.6) is 11.5 Å². The van der Waals surface area contributed by atoms with E-state index in [1.165, 1.54) is 0 Å². The van der Waals surface area contributed by atoms with Gasteiger partial charge in [-0.3, -0.25) is 4.79 Å². The molecule has 6 heteroatoms. The first-order valence-corrected chi connectivity index (χ1v) is 7.63. The molecule has 2 atom stereocenters. The average molecular weight is 307 g/mol. The number of hydrogen-bond donors (Lipinski definition) is 1. The van der Waals surface area contributed by atoms with Crippen molar-refractivity contribution in [2.75, 3.05) is 26.5 Å². The maximum Gasteiger partial charge on any atom is 0.231 e. The van der Waals surface area contributed by atoms with Gasteiger partial charge in [0.2, 0.25) is 12.7 Å². The Hall–Kier alpha value is -1.79. The summed E-state index contributed by atoms with van der Waals surface area (Å²) in [5.74, 6) is 1.52. The van der Waals surface area contributed by atoms with Crippen LogP contribution in [-0.4, -0.2) is 54.6 Å². The van der Waals surface area contributed by atoms with Gasteiger partial charge in [0.1, 0.15) is 6.10 Å². The number of aryl methyl sites for hydroxylation is 1. The first-order chi connectivity index (χ1) is 10.7. The molecule has 3 rings (SSSR count). The summed E-state index contributed by atoms with van der Waals surface area (Å²) in [7, 11) is 0. The smallest absolute Gasteiger partial charge is 0.231 e. The summed E-state index contributed by atoms with van der Waals surface area (Å²) >= 11 is 0. The van der Waals surface area contributed by atoms with E-state index in [0.29, 0.717) is 32.5 Å². The van der Waals surface area contributed by atoms with Crippen LogP contribution in [0.1, 0.15) is 18.9 Å². The highest BCUT2D eigenvalue weighted by molar-refractivity contribution is 5.77. The lowest BCUT2D eigenvalue weighted by atomic mass is 10.1. The second kappa shape index (κ2) is 6.54. The van der Waals surface area contributed by atoms with Gasteiger partial charge in [0.05, 0.1) is 6.10 Å². The van der Waals surface area contributed by atoms with Crippen molar-refractivity contribution < 1.29 is 24.1 Å². The van der Waals surface area contributed by atoms with Crippen LogP contribution in [0.3, 0.4) is 0 Å². The third-order valence-corrected chi connectivity index (χ3v) is 4.03. The Balaban J connectivity index is 1.52. The van der Waals surface area contributed by atoms with E-state index in [-0.39, 0.29) is 18.8 Å². The van der Waals surface area contributed by atoms with E-state index >= 15 is 0 Å². The van der Waals surface area contributed by atoms with Gasteiger partial charge in [-0.1, -0.05) is 6.07 Å². The minimum absolute atomic E-state index is 0.0407. The van der Waals surface area contributed by atoms with Crippen LogP contribution in [0.2, 0.25) is 0 Å². The van der Waals surface area contributed by atoms with Crippen molar-refractivity contribution in [3.8, 4) is 11.5 Å². The Morgan fingerprint density at radius 1 is 1.36 bits per heavy atom. The Morgan fingerprint density at radius 2 is 2.18 bits per heavy atom. The zero-order valence-electron chi connectivity index (χ0n) is 12.7. The van der Waals surface area contributed by atoms with Crippen molar-refractivity contribution in [2.45, 2.75) is 32.0 Å². The predicted molar refractivity (Wildman–Crippen MR) is 78.9 cm³/mol. The second-order valence-corrected chi connectivity index (χ2v) is 5.55. The van der Waals surface area contributed by atoms with Crippen LogP contribution < -0.4 is 9.47 Å². The number of fused-ring (bicyclic) bond motifs is 1. The first-order valence-electron chi connectivity index (χ1n) is 7.63. The number of aliphatic hydroxyl groups excluding tert-OH is 1. The molecule has 0 saturated carbocycles. The highest BCUT2D eigenvalue weighted by atomic mass is 16.7. The van der Waals surface area contributed by atoms with E-state index in [1.807, 2.05) is 25.1 Å². The van der Waals surface area contributed by atoms with Gasteiger partial charge in [0.25, 0.3) is 0 Å². The lowest BCUT2D eigenvalue weighted by Crippen LogP contribution is -2.30. The van der Waals surface area contributed by atoms with Crippen LogP contribution >= 0.6 is 0 Å². The Morgan fingerprint density at radius 3 is 3.00 bits per heavy atom. The number of carbonyl (C=O) groups excluding carboxylic acids is 1. The number of nitrogens with zero attached hydrogens (tertiary/aromatic N) is 1. The molecule has 2 aliphatic rings. The number of hydrogen-bond acceptors (Lipinski definition) is 5. The molecule has 1 N–H and O–H groups in total. The highest BCUT2D eigenvalue weighted by Crippen LogP contribution is 2.32. The lowest BCUT2D eigenvalue weighted by Gasteiger charge is -2.16. The fourth-order valence-corrected chi connectivity index (χ4v) is 2.84. The molecule has 0 aromatic heterocycles. The summed E-state index contributed by atoms with van der Waals surface area (Å²) in [6, 6.07) is 5.73. The molecular formula is C16H21NO5. The number of ether oxygens (including phenoxy) is 3. The average Bonchev–Trinajstić information content (AvgIpc) is 3.12. The van der Waals surface area contributed by atoms with Crippen molar-refractivity contribution in [1.29, 1.82) is 0 Å². The molecule has 2 aliphatic heterocycles. The van der Waals surface area contributed by atoms with Crippen LogP contribution in [0.25, 0.3) is 0 Å². The van der Waals surface area contributed by atoms with Crippen LogP contribution in [0.15, 0.2) is 18.2 Å². The summed E-state index contributed by atoms with van der Waals surface area (Å²) in [6.07, 6.45) is 0.195. The molecule has 2 heterocycles. The van der Waals surface area contributed by atoms with Crippen molar-refractivity contribution in [1.82, 2.24) is 4.90 Å². The third-order valence-electron chi connectivity index (χ3n) is 4.03. The maximum absolute atomic E-state index is 12.3. The standard InChI is InChI=1S/C16H21NO5/c1-2-20-15-9-17(8-12(15)18)16(19)6-4-11-3-5-13-14(7-11)22-10-21-13/h3,5,7,12,15,18H,2,4,6,8-10H2,1H3/t12-,15-/m0/s1. The first kappa shape index (κ1) is 15.1. The van der Waals surface area contributed by atoms with Crippen LogP contribution in [-0.2, 0) is 16.0 Å². The molecule has 22 heavy (non-hydrogen) atoms. The Labute approximate surface area is 129 Å². The van der Waals surface area contributed by atoms with Gasteiger partial charge >= 0.3 is 0 Å². The molecule has 1 fully saturated rings. The molecule has 0 spiro atoms. The number of benzene rings is 1. The number of aliphatic hydroxyl groups is 1. The maximum atomic E-state index is 12.3. The number of likely N-dealkylation sites (tertiary alicyclic amines) is 1. The summed E-state index contributed by atoms with van der Waals surface area (Å²) in [5, 5.41) is 9.88. The van der Waals surface area contributed by atoms with E-state index < -0.39 is 6.10 Å². The SMILES string of the molecule is CCO[C@H]1CN(C(=O)CCc2ccc3c(c2)OCO3)C[C@@H]1O. The van der Waals surface area contributed by atoms with E-state index in [0.717, 1.165) is 17.1 Å². The van der Waals surface area contributed by atoms with Crippen LogP contribution in [0, 0.1) is 0 Å². The van der Waals surface area contributed by atoms with Gasteiger partial charge in [0, 0.05) is 26.1 Å². The Kier molecular flexibility index (Phi) is 4.49. The summed E-state index contributed by atoms with van der Waals surface area (Å²) in [5.41, 5.74) is 1.04. The summed E-state index contributed by atoms with van der Waals surface area (Å²) in [6.45, 7) is 3.50. The van der Waals surface area contributed by atoms with Crippen molar-refractivity contribution in [3.63, 3.8) is 0 Å². The topological polar surface area (TPSA) is 68.2 Å². The normalized spacial score (nSPS) is 23.1. The van der Waals surface area contributed by atoms with E-state index in [4.69, 9.17) is 14.2 Å². The van der Waals surface area contributed by atoms with Gasteiger partial charge < -0.3 is 24.2 Å².